The first-order valence-corrected chi connectivity index (χ1v) is 9.63. The van der Waals surface area contributed by atoms with Crippen molar-refractivity contribution in [3.8, 4) is 22.4 Å². The fourth-order valence-electron chi connectivity index (χ4n) is 3.09. The maximum Gasteiger partial charge on any atom is 0.130 e. The number of hydrogen-bond donors (Lipinski definition) is 0. The summed E-state index contributed by atoms with van der Waals surface area (Å²) < 4.78 is 0. The fourth-order valence-corrected chi connectivity index (χ4v) is 4.20. The number of pyridine rings is 2. The van der Waals surface area contributed by atoms with Gasteiger partial charge in [0.05, 0.1) is 21.3 Å². The Morgan fingerprint density at radius 3 is 2.22 bits per heavy atom. The molecule has 2 aromatic carbocycles. The molecule has 0 saturated carbocycles. The third kappa shape index (κ3) is 3.39. The van der Waals surface area contributed by atoms with Crippen LogP contribution in [0.3, 0.4) is 0 Å². The maximum atomic E-state index is 6.50. The molecule has 0 atom stereocenters. The van der Waals surface area contributed by atoms with Crippen molar-refractivity contribution in [1.29, 1.82) is 0 Å². The summed E-state index contributed by atoms with van der Waals surface area (Å²) in [7, 11) is 0. The van der Waals surface area contributed by atoms with E-state index in [1.807, 2.05) is 31.2 Å². The van der Waals surface area contributed by atoms with Crippen molar-refractivity contribution in [2.45, 2.75) is 6.92 Å². The van der Waals surface area contributed by atoms with Crippen LogP contribution in [0, 0.1) is 6.92 Å². The van der Waals surface area contributed by atoms with Crippen molar-refractivity contribution < 1.29 is 0 Å². The van der Waals surface area contributed by atoms with Crippen molar-refractivity contribution in [2.75, 3.05) is 0 Å². The molecule has 0 aliphatic heterocycles. The van der Waals surface area contributed by atoms with Crippen LogP contribution in [0.2, 0.25) is 20.2 Å². The van der Waals surface area contributed by atoms with E-state index < -0.39 is 0 Å². The molecule has 134 valence electrons. The van der Waals surface area contributed by atoms with E-state index in [4.69, 9.17) is 46.4 Å². The van der Waals surface area contributed by atoms with E-state index >= 15 is 0 Å². The van der Waals surface area contributed by atoms with Crippen molar-refractivity contribution in [3.05, 3.63) is 80.5 Å². The second kappa shape index (κ2) is 7.29. The minimum atomic E-state index is 0.339. The van der Waals surface area contributed by atoms with Gasteiger partial charge in [0.15, 0.2) is 0 Å². The lowest BCUT2D eigenvalue weighted by Gasteiger charge is -2.13. The highest BCUT2D eigenvalue weighted by Gasteiger charge is 2.18. The van der Waals surface area contributed by atoms with Crippen LogP contribution in [0.1, 0.15) is 5.56 Å². The number of hydrogen-bond acceptors (Lipinski definition) is 2. The first-order chi connectivity index (χ1) is 13.0. The smallest absolute Gasteiger partial charge is 0.130 e. The summed E-state index contributed by atoms with van der Waals surface area (Å²) >= 11 is 25.6. The highest BCUT2D eigenvalue weighted by molar-refractivity contribution is 6.39. The zero-order chi connectivity index (χ0) is 19.1. The topological polar surface area (TPSA) is 25.8 Å². The van der Waals surface area contributed by atoms with Crippen LogP contribution in [0.25, 0.3) is 33.3 Å². The number of fused-ring (bicyclic) bond motifs is 1. The molecule has 4 rings (SSSR count). The molecule has 0 aliphatic carbocycles. The molecule has 2 nitrogen and oxygen atoms in total. The Labute approximate surface area is 176 Å². The summed E-state index contributed by atoms with van der Waals surface area (Å²) in [6.45, 7) is 1.99. The summed E-state index contributed by atoms with van der Waals surface area (Å²) in [5, 5.41) is 2.85. The van der Waals surface area contributed by atoms with Gasteiger partial charge in [0.2, 0.25) is 0 Å². The van der Waals surface area contributed by atoms with Crippen LogP contribution < -0.4 is 0 Å². The molecule has 0 bridgehead atoms. The minimum absolute atomic E-state index is 0.339. The largest absolute Gasteiger partial charge is 0.254 e. The summed E-state index contributed by atoms with van der Waals surface area (Å²) in [6, 6.07) is 14.9. The van der Waals surface area contributed by atoms with Crippen LogP contribution in [0.5, 0.6) is 0 Å². The fraction of sp³-hybridized carbons (Fsp3) is 0.0476. The standard InChI is InChI=1S/C21H12Cl4N2/c1-11-5-6-12(17(24)9-11)14-10-18(25)27-20-13(14)7-8-26-21(20)19-15(22)3-2-4-16(19)23/h2-10H,1H3. The van der Waals surface area contributed by atoms with Crippen LogP contribution in [0.15, 0.2) is 54.7 Å². The van der Waals surface area contributed by atoms with Gasteiger partial charge in [-0.1, -0.05) is 64.6 Å². The molecule has 27 heavy (non-hydrogen) atoms. The average Bonchev–Trinajstić information content (AvgIpc) is 2.61. The Balaban J connectivity index is 2.08. The van der Waals surface area contributed by atoms with Gasteiger partial charge in [-0.25, -0.2) is 4.98 Å². The van der Waals surface area contributed by atoms with Crippen molar-refractivity contribution in [1.82, 2.24) is 9.97 Å². The van der Waals surface area contributed by atoms with E-state index in [-0.39, 0.29) is 0 Å². The van der Waals surface area contributed by atoms with Crippen molar-refractivity contribution in [3.63, 3.8) is 0 Å². The second-order valence-electron chi connectivity index (χ2n) is 6.13. The molecule has 0 N–H and O–H groups in total. The zero-order valence-electron chi connectivity index (χ0n) is 14.1. The van der Waals surface area contributed by atoms with Gasteiger partial charge in [-0.2, -0.15) is 0 Å². The van der Waals surface area contributed by atoms with Crippen LogP contribution in [-0.4, -0.2) is 9.97 Å². The molecule has 2 heterocycles. The number of nitrogens with zero attached hydrogens (tertiary/aromatic N) is 2. The molecule has 6 heteroatoms. The number of aryl methyl sites for hydroxylation is 1. The second-order valence-corrected chi connectivity index (χ2v) is 7.74. The molecule has 0 fully saturated rings. The highest BCUT2D eigenvalue weighted by Crippen LogP contribution is 2.40. The van der Waals surface area contributed by atoms with Gasteiger partial charge in [0.1, 0.15) is 5.15 Å². The lowest BCUT2D eigenvalue weighted by atomic mass is 9.99. The van der Waals surface area contributed by atoms with E-state index in [1.165, 1.54) is 0 Å². The summed E-state index contributed by atoms with van der Waals surface area (Å²) in [5.74, 6) is 0. The third-order valence-electron chi connectivity index (χ3n) is 4.31. The molecule has 0 spiro atoms. The Kier molecular flexibility index (Phi) is 5.00. The van der Waals surface area contributed by atoms with E-state index in [0.29, 0.717) is 37.0 Å². The lowest BCUT2D eigenvalue weighted by Crippen LogP contribution is -1.94. The van der Waals surface area contributed by atoms with Crippen molar-refractivity contribution in [2.24, 2.45) is 0 Å². The molecule has 4 aromatic rings. The number of rotatable bonds is 2. The molecular weight excluding hydrogens is 422 g/mol. The Bertz CT molecular complexity index is 1170. The molecular formula is C21H12Cl4N2. The third-order valence-corrected chi connectivity index (χ3v) is 5.45. The molecule has 2 aromatic heterocycles. The summed E-state index contributed by atoms with van der Waals surface area (Å²) in [5.41, 5.74) is 4.66. The average molecular weight is 434 g/mol. The summed E-state index contributed by atoms with van der Waals surface area (Å²) in [6.07, 6.45) is 1.71. The van der Waals surface area contributed by atoms with Crippen LogP contribution in [0.4, 0.5) is 0 Å². The Morgan fingerprint density at radius 1 is 0.778 bits per heavy atom. The van der Waals surface area contributed by atoms with E-state index in [9.17, 15) is 0 Å². The first kappa shape index (κ1) is 18.5. The Morgan fingerprint density at radius 2 is 1.52 bits per heavy atom. The number of halogens is 4. The van der Waals surface area contributed by atoms with Gasteiger partial charge < -0.3 is 0 Å². The van der Waals surface area contributed by atoms with Gasteiger partial charge in [0, 0.05) is 27.7 Å². The van der Waals surface area contributed by atoms with Crippen LogP contribution in [-0.2, 0) is 0 Å². The normalized spacial score (nSPS) is 11.1. The minimum Gasteiger partial charge on any atom is -0.254 e. The van der Waals surface area contributed by atoms with E-state index in [1.54, 1.807) is 30.5 Å². The summed E-state index contributed by atoms with van der Waals surface area (Å²) in [4.78, 5) is 9.00. The number of aromatic nitrogens is 2. The van der Waals surface area contributed by atoms with E-state index in [2.05, 4.69) is 9.97 Å². The number of benzene rings is 2. The SMILES string of the molecule is Cc1ccc(-c2cc(Cl)nc3c(-c4c(Cl)cccc4Cl)nccc23)c(Cl)c1. The Hall–Kier alpha value is -1.84. The van der Waals surface area contributed by atoms with E-state index in [0.717, 1.165) is 22.1 Å². The zero-order valence-corrected chi connectivity index (χ0v) is 17.1. The quantitative estimate of drug-likeness (QED) is 0.300. The van der Waals surface area contributed by atoms with Gasteiger partial charge in [-0.3, -0.25) is 4.98 Å². The predicted octanol–water partition coefficient (Wildman–Crippen LogP) is 7.89. The first-order valence-electron chi connectivity index (χ1n) is 8.12. The molecule has 0 aliphatic rings. The monoisotopic (exact) mass is 432 g/mol. The van der Waals surface area contributed by atoms with Gasteiger partial charge in [-0.05, 0) is 48.4 Å². The van der Waals surface area contributed by atoms with Gasteiger partial charge >= 0.3 is 0 Å². The molecule has 0 radical (unpaired) electrons. The van der Waals surface area contributed by atoms with Crippen LogP contribution >= 0.6 is 46.4 Å². The van der Waals surface area contributed by atoms with Gasteiger partial charge in [-0.15, -0.1) is 0 Å². The lowest BCUT2D eigenvalue weighted by molar-refractivity contribution is 1.31. The molecule has 0 saturated heterocycles. The highest BCUT2D eigenvalue weighted by atomic mass is 35.5. The molecule has 0 unspecified atom stereocenters. The molecule has 0 amide bonds. The predicted molar refractivity (Wildman–Crippen MR) is 115 cm³/mol. The van der Waals surface area contributed by atoms with Crippen molar-refractivity contribution >= 4 is 57.3 Å². The van der Waals surface area contributed by atoms with Gasteiger partial charge in [0.25, 0.3) is 0 Å². The maximum absolute atomic E-state index is 6.50.